The van der Waals surface area contributed by atoms with Gasteiger partial charge >= 0.3 is 5.97 Å². The molecule has 1 rings (SSSR count). The van der Waals surface area contributed by atoms with Gasteiger partial charge in [-0.1, -0.05) is 18.6 Å². The van der Waals surface area contributed by atoms with Crippen LogP contribution in [0.3, 0.4) is 0 Å². The van der Waals surface area contributed by atoms with Gasteiger partial charge in [0.1, 0.15) is 6.04 Å². The zero-order chi connectivity index (χ0) is 12.7. The van der Waals surface area contributed by atoms with E-state index < -0.39 is 12.0 Å². The van der Waals surface area contributed by atoms with E-state index in [4.69, 9.17) is 16.2 Å². The number of amidine groups is 1. The maximum Gasteiger partial charge on any atom is 0.320 e. The Balaban J connectivity index is 2.26. The number of carboxylic acid groups (broad SMARTS) is 1. The molecule has 0 bridgehead atoms. The zero-order valence-electron chi connectivity index (χ0n) is 9.98. The summed E-state index contributed by atoms with van der Waals surface area (Å²) in [5, 5.41) is 19.4. The zero-order valence-corrected chi connectivity index (χ0v) is 9.98. The fraction of sp³-hybridized carbons (Fsp3) is 0.667. The molecule has 0 aromatic rings. The van der Waals surface area contributed by atoms with E-state index in [0.717, 1.165) is 32.1 Å². The van der Waals surface area contributed by atoms with Crippen molar-refractivity contribution in [1.29, 1.82) is 5.41 Å². The molecule has 0 amide bonds. The highest BCUT2D eigenvalue weighted by molar-refractivity contribution is 5.79. The minimum absolute atomic E-state index is 0.308. The molecule has 0 unspecified atom stereocenters. The molecule has 17 heavy (non-hydrogen) atoms. The molecular formula is C12H21N3O2. The predicted molar refractivity (Wildman–Crippen MR) is 67.1 cm³/mol. The maximum absolute atomic E-state index is 10.5. The van der Waals surface area contributed by atoms with E-state index in [1.165, 1.54) is 0 Å². The molecule has 5 heteroatoms. The summed E-state index contributed by atoms with van der Waals surface area (Å²) in [5.74, 6) is -0.354. The number of nitrogens with one attached hydrogen (secondary N) is 2. The van der Waals surface area contributed by atoms with Gasteiger partial charge in [-0.3, -0.25) is 10.2 Å². The maximum atomic E-state index is 10.5. The topological polar surface area (TPSA) is 99.2 Å². The van der Waals surface area contributed by atoms with Crippen LogP contribution >= 0.6 is 0 Å². The van der Waals surface area contributed by atoms with Gasteiger partial charge in [-0.05, 0) is 25.7 Å². The smallest absolute Gasteiger partial charge is 0.320 e. The Hall–Kier alpha value is -1.36. The SMILES string of the molecule is N=C1CCCC[C@H](C/C=C/C[C@H](N)C(=O)O)N1. The first-order valence-electron chi connectivity index (χ1n) is 6.07. The first-order chi connectivity index (χ1) is 8.09. The average Bonchev–Trinajstić information content (AvgIpc) is 2.48. The lowest BCUT2D eigenvalue weighted by Gasteiger charge is -2.14. The molecule has 5 N–H and O–H groups in total. The summed E-state index contributed by atoms with van der Waals surface area (Å²) < 4.78 is 0. The normalized spacial score (nSPS) is 23.1. The van der Waals surface area contributed by atoms with Crippen molar-refractivity contribution in [2.75, 3.05) is 0 Å². The van der Waals surface area contributed by atoms with Gasteiger partial charge in [0.25, 0.3) is 0 Å². The summed E-state index contributed by atoms with van der Waals surface area (Å²) in [6.07, 6.45) is 9.09. The van der Waals surface area contributed by atoms with Crippen molar-refractivity contribution < 1.29 is 9.90 Å². The number of rotatable bonds is 5. The molecule has 0 radical (unpaired) electrons. The molecule has 5 nitrogen and oxygen atoms in total. The van der Waals surface area contributed by atoms with Gasteiger partial charge in [0.15, 0.2) is 0 Å². The number of carbonyl (C=O) groups is 1. The van der Waals surface area contributed by atoms with Gasteiger partial charge in [0, 0.05) is 12.5 Å². The van der Waals surface area contributed by atoms with Crippen molar-refractivity contribution in [3.05, 3.63) is 12.2 Å². The van der Waals surface area contributed by atoms with Crippen molar-refractivity contribution >= 4 is 11.8 Å². The van der Waals surface area contributed by atoms with Crippen molar-refractivity contribution in [3.8, 4) is 0 Å². The van der Waals surface area contributed by atoms with E-state index in [1.54, 1.807) is 0 Å². The largest absolute Gasteiger partial charge is 0.480 e. The van der Waals surface area contributed by atoms with Gasteiger partial charge < -0.3 is 16.2 Å². The number of carboxylic acids is 1. The summed E-state index contributed by atoms with van der Waals surface area (Å²) in [7, 11) is 0. The molecule has 2 atom stereocenters. The van der Waals surface area contributed by atoms with Crippen LogP contribution in [-0.4, -0.2) is 29.0 Å². The van der Waals surface area contributed by atoms with E-state index in [1.807, 2.05) is 12.2 Å². The number of hydrogen-bond donors (Lipinski definition) is 4. The molecule has 0 aromatic heterocycles. The Bertz CT molecular complexity index is 302. The molecule has 96 valence electrons. The van der Waals surface area contributed by atoms with Gasteiger partial charge in [-0.15, -0.1) is 0 Å². The lowest BCUT2D eigenvalue weighted by Crippen LogP contribution is -2.32. The lowest BCUT2D eigenvalue weighted by atomic mass is 10.1. The van der Waals surface area contributed by atoms with Crippen molar-refractivity contribution in [3.63, 3.8) is 0 Å². The highest BCUT2D eigenvalue weighted by atomic mass is 16.4. The second-order valence-corrected chi connectivity index (χ2v) is 4.45. The van der Waals surface area contributed by atoms with Gasteiger partial charge in [0.2, 0.25) is 0 Å². The Morgan fingerprint density at radius 2 is 2.35 bits per heavy atom. The molecule has 0 spiro atoms. The van der Waals surface area contributed by atoms with Crippen LogP contribution in [-0.2, 0) is 4.79 Å². The van der Waals surface area contributed by atoms with Crippen LogP contribution in [0.1, 0.15) is 38.5 Å². The van der Waals surface area contributed by atoms with E-state index in [2.05, 4.69) is 5.32 Å². The number of nitrogens with two attached hydrogens (primary N) is 1. The standard InChI is InChI=1S/C12H21N3O2/c13-10(12(16)17)7-3-1-5-9-6-2-4-8-11(14)15-9/h1,3,9-10H,2,4-8,13H2,(H2,14,15)(H,16,17)/b3-1+/t9-,10-/m0/s1. The quantitative estimate of drug-likeness (QED) is 0.542. The highest BCUT2D eigenvalue weighted by Gasteiger charge is 2.13. The van der Waals surface area contributed by atoms with Crippen LogP contribution in [0.5, 0.6) is 0 Å². The van der Waals surface area contributed by atoms with E-state index in [-0.39, 0.29) is 0 Å². The van der Waals surface area contributed by atoms with Crippen molar-refractivity contribution in [2.24, 2.45) is 5.73 Å². The van der Waals surface area contributed by atoms with Crippen LogP contribution in [0.4, 0.5) is 0 Å². The Kier molecular flexibility index (Phi) is 5.69. The second kappa shape index (κ2) is 7.06. The van der Waals surface area contributed by atoms with Gasteiger partial charge in [-0.25, -0.2) is 0 Å². The Labute approximate surface area is 102 Å². The minimum Gasteiger partial charge on any atom is -0.480 e. The first-order valence-corrected chi connectivity index (χ1v) is 6.07. The molecule has 1 fully saturated rings. The van der Waals surface area contributed by atoms with E-state index in [9.17, 15) is 4.79 Å². The summed E-state index contributed by atoms with van der Waals surface area (Å²) in [5.41, 5.74) is 5.38. The van der Waals surface area contributed by atoms with Crippen LogP contribution < -0.4 is 11.1 Å². The van der Waals surface area contributed by atoms with Crippen molar-refractivity contribution in [1.82, 2.24) is 5.32 Å². The fourth-order valence-electron chi connectivity index (χ4n) is 1.86. The Morgan fingerprint density at radius 1 is 1.59 bits per heavy atom. The molecule has 1 heterocycles. The molecule has 1 saturated heterocycles. The van der Waals surface area contributed by atoms with Gasteiger partial charge in [-0.2, -0.15) is 0 Å². The Morgan fingerprint density at radius 3 is 3.06 bits per heavy atom. The second-order valence-electron chi connectivity index (χ2n) is 4.45. The molecular weight excluding hydrogens is 218 g/mol. The minimum atomic E-state index is -0.969. The summed E-state index contributed by atoms with van der Waals surface area (Å²) in [6.45, 7) is 0. The molecule has 0 saturated carbocycles. The van der Waals surface area contributed by atoms with Crippen LogP contribution in [0.2, 0.25) is 0 Å². The lowest BCUT2D eigenvalue weighted by molar-refractivity contribution is -0.138. The molecule has 0 aromatic carbocycles. The summed E-state index contributed by atoms with van der Waals surface area (Å²) in [6, 6.07) is -0.506. The predicted octanol–water partition coefficient (Wildman–Crippen LogP) is 1.24. The molecule has 1 aliphatic rings. The summed E-state index contributed by atoms with van der Waals surface area (Å²) >= 11 is 0. The van der Waals surface area contributed by atoms with Gasteiger partial charge in [0.05, 0.1) is 5.84 Å². The van der Waals surface area contributed by atoms with E-state index in [0.29, 0.717) is 18.3 Å². The molecule has 1 aliphatic heterocycles. The van der Waals surface area contributed by atoms with Crippen molar-refractivity contribution in [2.45, 2.75) is 50.6 Å². The van der Waals surface area contributed by atoms with E-state index >= 15 is 0 Å². The van der Waals surface area contributed by atoms with Crippen LogP contribution in [0, 0.1) is 5.41 Å². The number of aliphatic carboxylic acids is 1. The third-order valence-electron chi connectivity index (χ3n) is 2.90. The monoisotopic (exact) mass is 239 g/mol. The average molecular weight is 239 g/mol. The third-order valence-corrected chi connectivity index (χ3v) is 2.90. The third kappa shape index (κ3) is 5.49. The van der Waals surface area contributed by atoms with Crippen LogP contribution in [0.15, 0.2) is 12.2 Å². The fourth-order valence-corrected chi connectivity index (χ4v) is 1.86. The number of hydrogen-bond acceptors (Lipinski definition) is 3. The summed E-state index contributed by atoms with van der Waals surface area (Å²) in [4.78, 5) is 10.5. The first kappa shape index (κ1) is 13.7. The molecule has 0 aliphatic carbocycles. The van der Waals surface area contributed by atoms with Crippen LogP contribution in [0.25, 0.3) is 0 Å². The highest BCUT2D eigenvalue weighted by Crippen LogP contribution is 2.12.